The second-order valence-corrected chi connectivity index (χ2v) is 6.67. The molecule has 0 saturated heterocycles. The Bertz CT molecular complexity index is 792. The Balaban J connectivity index is 1.87. The van der Waals surface area contributed by atoms with Crippen LogP contribution in [0.25, 0.3) is 0 Å². The highest BCUT2D eigenvalue weighted by molar-refractivity contribution is 8.01. The number of carbonyl (C=O) groups is 2. The van der Waals surface area contributed by atoms with Crippen LogP contribution in [-0.2, 0) is 11.2 Å². The number of aromatic carboxylic acids is 1. The topological polar surface area (TPSA) is 66.4 Å². The normalized spacial score (nSPS) is 16.6. The fourth-order valence-electron chi connectivity index (χ4n) is 2.33. The van der Waals surface area contributed by atoms with Gasteiger partial charge in [-0.2, -0.15) is 0 Å². The maximum atomic E-state index is 13.9. The summed E-state index contributed by atoms with van der Waals surface area (Å²) >= 11 is 7.27. The molecule has 118 valence electrons. The maximum Gasteiger partial charge on any atom is 0.335 e. The van der Waals surface area contributed by atoms with Gasteiger partial charge in [-0.1, -0.05) is 17.7 Å². The molecule has 1 heterocycles. The summed E-state index contributed by atoms with van der Waals surface area (Å²) in [6.07, 6.45) is 0.155. The lowest BCUT2D eigenvalue weighted by Gasteiger charge is -2.24. The molecule has 0 radical (unpaired) electrons. The Morgan fingerprint density at radius 3 is 2.83 bits per heavy atom. The molecule has 0 spiro atoms. The molecule has 2 N–H and O–H groups in total. The van der Waals surface area contributed by atoms with Crippen LogP contribution in [0.4, 0.5) is 10.1 Å². The summed E-state index contributed by atoms with van der Waals surface area (Å²) in [4.78, 5) is 23.9. The molecule has 7 heteroatoms. The van der Waals surface area contributed by atoms with Crippen LogP contribution in [0.1, 0.15) is 15.9 Å². The van der Waals surface area contributed by atoms with E-state index in [1.54, 1.807) is 12.1 Å². The first-order valence-corrected chi connectivity index (χ1v) is 7.99. The number of benzene rings is 2. The maximum absolute atomic E-state index is 13.9. The van der Waals surface area contributed by atoms with E-state index in [2.05, 4.69) is 5.32 Å². The lowest BCUT2D eigenvalue weighted by molar-refractivity contribution is -0.115. The summed E-state index contributed by atoms with van der Waals surface area (Å²) in [6, 6.07) is 8.92. The standard InChI is InChI=1S/C16H11ClFNO3S/c17-10-2-1-3-11(18)9(10)7-14-15(20)19-12-6-8(16(21)22)4-5-13(12)23-14/h1-6,14H,7H2,(H,19,20)(H,21,22). The van der Waals surface area contributed by atoms with Gasteiger partial charge in [-0.15, -0.1) is 11.8 Å². The molecule has 3 rings (SSSR count). The van der Waals surface area contributed by atoms with E-state index in [1.165, 1.54) is 36.0 Å². The van der Waals surface area contributed by atoms with E-state index in [4.69, 9.17) is 16.7 Å². The number of halogens is 2. The molecule has 2 aromatic carbocycles. The molecule has 4 nitrogen and oxygen atoms in total. The van der Waals surface area contributed by atoms with E-state index in [1.807, 2.05) is 0 Å². The van der Waals surface area contributed by atoms with Gasteiger partial charge < -0.3 is 10.4 Å². The summed E-state index contributed by atoms with van der Waals surface area (Å²) in [5, 5.41) is 11.4. The molecule has 1 unspecified atom stereocenters. The SMILES string of the molecule is O=C(O)c1ccc2c(c1)NC(=O)C(Cc1c(F)cccc1Cl)S2. The van der Waals surface area contributed by atoms with Gasteiger partial charge in [0, 0.05) is 15.5 Å². The number of nitrogens with one attached hydrogen (secondary N) is 1. The van der Waals surface area contributed by atoms with E-state index in [0.717, 1.165) is 4.90 Å². The largest absolute Gasteiger partial charge is 0.478 e. The van der Waals surface area contributed by atoms with Crippen LogP contribution in [0.2, 0.25) is 5.02 Å². The number of carboxylic acid groups (broad SMARTS) is 1. The molecule has 1 aliphatic rings. The lowest BCUT2D eigenvalue weighted by Crippen LogP contribution is -2.31. The number of anilines is 1. The zero-order chi connectivity index (χ0) is 16.6. The first-order valence-electron chi connectivity index (χ1n) is 6.73. The molecule has 1 amide bonds. The Hall–Kier alpha value is -2.05. The van der Waals surface area contributed by atoms with Gasteiger partial charge in [0.1, 0.15) is 5.82 Å². The molecule has 0 aliphatic carbocycles. The zero-order valence-electron chi connectivity index (χ0n) is 11.7. The first kappa shape index (κ1) is 15.8. The van der Waals surface area contributed by atoms with Crippen LogP contribution in [0.5, 0.6) is 0 Å². The Kier molecular flexibility index (Phi) is 4.28. The van der Waals surface area contributed by atoms with Crippen molar-refractivity contribution in [3.8, 4) is 0 Å². The van der Waals surface area contributed by atoms with Crippen molar-refractivity contribution in [1.82, 2.24) is 0 Å². The van der Waals surface area contributed by atoms with Gasteiger partial charge in [-0.25, -0.2) is 9.18 Å². The van der Waals surface area contributed by atoms with Crippen LogP contribution in [0, 0.1) is 5.82 Å². The minimum Gasteiger partial charge on any atom is -0.478 e. The van der Waals surface area contributed by atoms with Crippen molar-refractivity contribution in [1.29, 1.82) is 0 Å². The Labute approximate surface area is 140 Å². The number of thioether (sulfide) groups is 1. The zero-order valence-corrected chi connectivity index (χ0v) is 13.2. The average Bonchev–Trinajstić information content (AvgIpc) is 2.50. The molecular formula is C16H11ClFNO3S. The summed E-state index contributed by atoms with van der Waals surface area (Å²) in [5.74, 6) is -1.81. The Morgan fingerprint density at radius 1 is 1.35 bits per heavy atom. The Morgan fingerprint density at radius 2 is 2.13 bits per heavy atom. The average molecular weight is 352 g/mol. The summed E-state index contributed by atoms with van der Waals surface area (Å²) in [7, 11) is 0. The highest BCUT2D eigenvalue weighted by Gasteiger charge is 2.29. The molecule has 0 fully saturated rings. The molecule has 1 atom stereocenters. The smallest absolute Gasteiger partial charge is 0.335 e. The number of rotatable bonds is 3. The van der Waals surface area contributed by atoms with Crippen LogP contribution in [-0.4, -0.2) is 22.2 Å². The van der Waals surface area contributed by atoms with Gasteiger partial charge in [0.15, 0.2) is 0 Å². The lowest BCUT2D eigenvalue weighted by atomic mass is 10.1. The van der Waals surface area contributed by atoms with Crippen molar-refractivity contribution in [2.75, 3.05) is 5.32 Å². The van der Waals surface area contributed by atoms with Crippen molar-refractivity contribution in [2.24, 2.45) is 0 Å². The number of hydrogen-bond donors (Lipinski definition) is 2. The van der Waals surface area contributed by atoms with Gasteiger partial charge in [0.2, 0.25) is 5.91 Å². The van der Waals surface area contributed by atoms with Gasteiger partial charge in [0.05, 0.1) is 16.5 Å². The number of amides is 1. The van der Waals surface area contributed by atoms with Crippen LogP contribution in [0.15, 0.2) is 41.3 Å². The predicted octanol–water partition coefficient (Wildman–Crippen LogP) is 3.83. The summed E-state index contributed by atoms with van der Waals surface area (Å²) < 4.78 is 13.9. The van der Waals surface area contributed by atoms with Crippen molar-refractivity contribution >= 4 is 40.9 Å². The monoisotopic (exact) mass is 351 g/mol. The fourth-order valence-corrected chi connectivity index (χ4v) is 3.68. The van der Waals surface area contributed by atoms with Crippen LogP contribution < -0.4 is 5.32 Å². The summed E-state index contributed by atoms with van der Waals surface area (Å²) in [5.41, 5.74) is 0.850. The molecule has 0 bridgehead atoms. The van der Waals surface area contributed by atoms with E-state index >= 15 is 0 Å². The number of carboxylic acids is 1. The van der Waals surface area contributed by atoms with Crippen molar-refractivity contribution < 1.29 is 19.1 Å². The van der Waals surface area contributed by atoms with Gasteiger partial charge in [-0.05, 0) is 36.8 Å². The van der Waals surface area contributed by atoms with Crippen molar-refractivity contribution in [2.45, 2.75) is 16.6 Å². The first-order chi connectivity index (χ1) is 11.0. The van der Waals surface area contributed by atoms with Crippen molar-refractivity contribution in [3.63, 3.8) is 0 Å². The van der Waals surface area contributed by atoms with Crippen LogP contribution in [0.3, 0.4) is 0 Å². The highest BCUT2D eigenvalue weighted by Crippen LogP contribution is 2.38. The van der Waals surface area contributed by atoms with Gasteiger partial charge in [0.25, 0.3) is 0 Å². The quantitative estimate of drug-likeness (QED) is 0.882. The van der Waals surface area contributed by atoms with E-state index < -0.39 is 17.0 Å². The third-order valence-corrected chi connectivity index (χ3v) is 5.13. The minimum atomic E-state index is -1.06. The number of fused-ring (bicyclic) bond motifs is 1. The molecule has 0 aromatic heterocycles. The van der Waals surface area contributed by atoms with E-state index in [0.29, 0.717) is 11.3 Å². The van der Waals surface area contributed by atoms with Crippen molar-refractivity contribution in [3.05, 3.63) is 58.4 Å². The molecule has 2 aromatic rings. The molecule has 1 aliphatic heterocycles. The van der Waals surface area contributed by atoms with Gasteiger partial charge in [-0.3, -0.25) is 4.79 Å². The summed E-state index contributed by atoms with van der Waals surface area (Å²) in [6.45, 7) is 0. The van der Waals surface area contributed by atoms with Crippen LogP contribution >= 0.6 is 23.4 Å². The van der Waals surface area contributed by atoms with E-state index in [9.17, 15) is 14.0 Å². The molecule has 23 heavy (non-hydrogen) atoms. The highest BCUT2D eigenvalue weighted by atomic mass is 35.5. The minimum absolute atomic E-state index is 0.0975. The fraction of sp³-hybridized carbons (Fsp3) is 0.125. The second-order valence-electron chi connectivity index (χ2n) is 5.02. The second kappa shape index (κ2) is 6.22. The predicted molar refractivity (Wildman–Crippen MR) is 86.8 cm³/mol. The number of carbonyl (C=O) groups excluding carboxylic acids is 1. The van der Waals surface area contributed by atoms with E-state index in [-0.39, 0.29) is 22.9 Å². The third kappa shape index (κ3) is 3.18. The molecular weight excluding hydrogens is 341 g/mol. The third-order valence-electron chi connectivity index (χ3n) is 3.50. The number of hydrogen-bond acceptors (Lipinski definition) is 3. The van der Waals surface area contributed by atoms with Gasteiger partial charge >= 0.3 is 5.97 Å². The molecule has 0 saturated carbocycles.